The van der Waals surface area contributed by atoms with Crippen LogP contribution in [0.4, 0.5) is 24.5 Å². The third-order valence-corrected chi connectivity index (χ3v) is 3.35. The molecule has 1 N–H and O–H groups in total. The fraction of sp³-hybridized carbons (Fsp3) is 0.0714. The van der Waals surface area contributed by atoms with E-state index in [4.69, 9.17) is 5.26 Å². The maximum atomic E-state index is 13.8. The number of rotatable bonds is 2. The van der Waals surface area contributed by atoms with E-state index in [1.165, 1.54) is 24.3 Å². The Kier molecular flexibility index (Phi) is 4.00. The number of benzene rings is 2. The van der Waals surface area contributed by atoms with Gasteiger partial charge in [-0.1, -0.05) is 0 Å². The molecule has 2 aromatic rings. The zero-order valence-corrected chi connectivity index (χ0v) is 11.9. The van der Waals surface area contributed by atoms with Crippen molar-refractivity contribution < 1.29 is 13.2 Å². The van der Waals surface area contributed by atoms with Crippen molar-refractivity contribution in [3.05, 3.63) is 57.3 Å². The van der Waals surface area contributed by atoms with Crippen LogP contribution in [-0.4, -0.2) is 0 Å². The van der Waals surface area contributed by atoms with Gasteiger partial charge in [0.05, 0.1) is 15.7 Å². The van der Waals surface area contributed by atoms with E-state index in [9.17, 15) is 13.2 Å². The zero-order valence-electron chi connectivity index (χ0n) is 10.3. The molecule has 0 atom stereocenters. The summed E-state index contributed by atoms with van der Waals surface area (Å²) in [5.41, 5.74) is 0.476. The molecule has 0 amide bonds. The first-order valence-corrected chi connectivity index (χ1v) is 6.34. The lowest BCUT2D eigenvalue weighted by Crippen LogP contribution is -2.00. The van der Waals surface area contributed by atoms with Crippen LogP contribution in [0.1, 0.15) is 11.1 Å². The van der Waals surface area contributed by atoms with Crippen molar-refractivity contribution in [3.8, 4) is 6.07 Å². The van der Waals surface area contributed by atoms with E-state index in [2.05, 4.69) is 21.2 Å². The predicted octanol–water partition coefficient (Wildman–Crippen LogP) is 4.79. The Morgan fingerprint density at radius 1 is 1.10 bits per heavy atom. The Hall–Kier alpha value is -2.00. The minimum absolute atomic E-state index is 0.122. The topological polar surface area (TPSA) is 35.8 Å². The van der Waals surface area contributed by atoms with Crippen LogP contribution in [0.2, 0.25) is 0 Å². The minimum Gasteiger partial charge on any atom is -0.353 e. The quantitative estimate of drug-likeness (QED) is 0.853. The van der Waals surface area contributed by atoms with Gasteiger partial charge in [0, 0.05) is 5.69 Å². The van der Waals surface area contributed by atoms with Gasteiger partial charge in [-0.25, -0.2) is 13.2 Å². The van der Waals surface area contributed by atoms with Gasteiger partial charge in [-0.15, -0.1) is 0 Å². The van der Waals surface area contributed by atoms with Gasteiger partial charge in [-0.05, 0) is 52.7 Å². The molecule has 0 fully saturated rings. The molecule has 0 saturated heterocycles. The number of nitrogens with one attached hydrogen (secondary N) is 1. The van der Waals surface area contributed by atoms with Gasteiger partial charge >= 0.3 is 0 Å². The zero-order chi connectivity index (χ0) is 14.9. The molecule has 0 aliphatic rings. The average Bonchev–Trinajstić information content (AvgIpc) is 2.41. The molecule has 0 spiro atoms. The smallest absolute Gasteiger partial charge is 0.183 e. The summed E-state index contributed by atoms with van der Waals surface area (Å²) in [4.78, 5) is 0. The normalized spacial score (nSPS) is 10.2. The summed E-state index contributed by atoms with van der Waals surface area (Å²) < 4.78 is 40.8. The standard InChI is InChI=1S/C14H8BrF3N2/c1-7-4-10(16)9(15)5-12(7)20-11-3-2-8(6-19)13(17)14(11)18/h2-5,20H,1H3. The summed E-state index contributed by atoms with van der Waals surface area (Å²) in [6.45, 7) is 1.63. The molecular formula is C14H8BrF3N2. The SMILES string of the molecule is Cc1cc(F)c(Br)cc1Nc1ccc(C#N)c(F)c1F. The largest absolute Gasteiger partial charge is 0.353 e. The van der Waals surface area contributed by atoms with Crippen LogP contribution in [0.25, 0.3) is 0 Å². The molecule has 0 bridgehead atoms. The van der Waals surface area contributed by atoms with Crippen molar-refractivity contribution in [2.45, 2.75) is 6.92 Å². The predicted molar refractivity (Wildman–Crippen MR) is 73.2 cm³/mol. The van der Waals surface area contributed by atoms with E-state index in [1.54, 1.807) is 13.0 Å². The summed E-state index contributed by atoms with van der Waals surface area (Å²) >= 11 is 3.02. The molecule has 0 radical (unpaired) electrons. The van der Waals surface area contributed by atoms with Crippen molar-refractivity contribution >= 4 is 27.3 Å². The van der Waals surface area contributed by atoms with Crippen molar-refractivity contribution in [1.82, 2.24) is 0 Å². The highest BCUT2D eigenvalue weighted by Gasteiger charge is 2.14. The van der Waals surface area contributed by atoms with Crippen molar-refractivity contribution in [2.24, 2.45) is 0 Å². The van der Waals surface area contributed by atoms with E-state index in [0.717, 1.165) is 0 Å². The van der Waals surface area contributed by atoms with Crippen LogP contribution >= 0.6 is 15.9 Å². The maximum Gasteiger partial charge on any atom is 0.183 e. The summed E-state index contributed by atoms with van der Waals surface area (Å²) in [7, 11) is 0. The Morgan fingerprint density at radius 2 is 1.80 bits per heavy atom. The number of aryl methyl sites for hydroxylation is 1. The van der Waals surface area contributed by atoms with Crippen LogP contribution in [0, 0.1) is 35.7 Å². The molecule has 0 aromatic heterocycles. The molecule has 102 valence electrons. The number of anilines is 2. The van der Waals surface area contributed by atoms with Gasteiger partial charge < -0.3 is 5.32 Å². The van der Waals surface area contributed by atoms with Gasteiger partial charge in [0.15, 0.2) is 11.6 Å². The molecule has 2 rings (SSSR count). The lowest BCUT2D eigenvalue weighted by atomic mass is 10.1. The van der Waals surface area contributed by atoms with E-state index in [0.29, 0.717) is 11.3 Å². The van der Waals surface area contributed by atoms with Crippen LogP contribution in [0.15, 0.2) is 28.7 Å². The summed E-state index contributed by atoms with van der Waals surface area (Å²) in [6.07, 6.45) is 0. The van der Waals surface area contributed by atoms with E-state index >= 15 is 0 Å². The van der Waals surface area contributed by atoms with Crippen LogP contribution in [0.3, 0.4) is 0 Å². The van der Waals surface area contributed by atoms with E-state index in [-0.39, 0.29) is 15.7 Å². The second kappa shape index (κ2) is 5.55. The van der Waals surface area contributed by atoms with Crippen molar-refractivity contribution in [2.75, 3.05) is 5.32 Å². The molecule has 6 heteroatoms. The van der Waals surface area contributed by atoms with Gasteiger partial charge in [0.25, 0.3) is 0 Å². The summed E-state index contributed by atoms with van der Waals surface area (Å²) in [6, 6.07) is 6.69. The lowest BCUT2D eigenvalue weighted by molar-refractivity contribution is 0.509. The molecule has 2 aromatic carbocycles. The first kappa shape index (κ1) is 14.4. The van der Waals surface area contributed by atoms with Gasteiger partial charge in [-0.2, -0.15) is 5.26 Å². The third kappa shape index (κ3) is 2.63. The number of halogens is 4. The fourth-order valence-corrected chi connectivity index (χ4v) is 2.00. The van der Waals surface area contributed by atoms with E-state index < -0.39 is 17.5 Å². The van der Waals surface area contributed by atoms with Crippen LogP contribution in [0.5, 0.6) is 0 Å². The molecule has 20 heavy (non-hydrogen) atoms. The highest BCUT2D eigenvalue weighted by atomic mass is 79.9. The fourth-order valence-electron chi connectivity index (χ4n) is 1.66. The second-order valence-electron chi connectivity index (χ2n) is 4.11. The van der Waals surface area contributed by atoms with Gasteiger partial charge in [-0.3, -0.25) is 0 Å². The van der Waals surface area contributed by atoms with Crippen LogP contribution in [-0.2, 0) is 0 Å². The summed E-state index contributed by atoms with van der Waals surface area (Å²) in [5, 5.41) is 11.3. The van der Waals surface area contributed by atoms with Crippen molar-refractivity contribution in [3.63, 3.8) is 0 Å². The molecule has 0 saturated carbocycles. The first-order valence-electron chi connectivity index (χ1n) is 5.54. The second-order valence-corrected chi connectivity index (χ2v) is 4.96. The molecule has 0 unspecified atom stereocenters. The highest BCUT2D eigenvalue weighted by molar-refractivity contribution is 9.10. The number of hydrogen-bond acceptors (Lipinski definition) is 2. The molecule has 2 nitrogen and oxygen atoms in total. The van der Waals surface area contributed by atoms with Gasteiger partial charge in [0.2, 0.25) is 0 Å². The monoisotopic (exact) mass is 340 g/mol. The molecular weight excluding hydrogens is 333 g/mol. The van der Waals surface area contributed by atoms with Gasteiger partial charge in [0.1, 0.15) is 11.9 Å². The minimum atomic E-state index is -1.21. The molecule has 0 heterocycles. The first-order chi connectivity index (χ1) is 9.43. The van der Waals surface area contributed by atoms with E-state index in [1.807, 2.05) is 0 Å². The van der Waals surface area contributed by atoms with Crippen LogP contribution < -0.4 is 5.32 Å². The molecule has 0 aliphatic heterocycles. The van der Waals surface area contributed by atoms with Crippen molar-refractivity contribution in [1.29, 1.82) is 5.26 Å². The average molecular weight is 341 g/mol. The maximum absolute atomic E-state index is 13.8. The number of hydrogen-bond donors (Lipinski definition) is 1. The number of nitriles is 1. The summed E-state index contributed by atoms with van der Waals surface area (Å²) in [5.74, 6) is -2.81. The Labute approximate surface area is 122 Å². The molecule has 0 aliphatic carbocycles. The highest BCUT2D eigenvalue weighted by Crippen LogP contribution is 2.29. The lowest BCUT2D eigenvalue weighted by Gasteiger charge is -2.12. The number of nitrogens with zero attached hydrogens (tertiary/aromatic N) is 1. The third-order valence-electron chi connectivity index (χ3n) is 2.74. The Morgan fingerprint density at radius 3 is 2.45 bits per heavy atom. The Bertz CT molecular complexity index is 723. The Balaban J connectivity index is 2.44.